The fourth-order valence-corrected chi connectivity index (χ4v) is 2.54. The molecule has 17 heavy (non-hydrogen) atoms. The third-order valence-electron chi connectivity index (χ3n) is 3.34. The summed E-state index contributed by atoms with van der Waals surface area (Å²) in [5, 5.41) is 13.3. The molecule has 5 heteroatoms. The Labute approximate surface area is 102 Å². The van der Waals surface area contributed by atoms with E-state index in [1.54, 1.807) is 4.90 Å². The number of aliphatic hydroxyl groups is 1. The summed E-state index contributed by atoms with van der Waals surface area (Å²) >= 11 is 0. The Morgan fingerprint density at radius 2 is 1.82 bits per heavy atom. The van der Waals surface area contributed by atoms with Crippen molar-refractivity contribution in [1.82, 2.24) is 10.2 Å². The van der Waals surface area contributed by atoms with Crippen molar-refractivity contribution in [2.45, 2.75) is 32.5 Å². The standard InChI is InChI=1S/C12H22N2O3/c1-12(2,3)17-11(16)14-6-8-4-13-5-9(7-14)10(8)15/h8-10,13,15H,4-7H2,1-3H3/t8-,9+,10?. The number of rotatable bonds is 0. The Balaban J connectivity index is 1.97. The maximum Gasteiger partial charge on any atom is 0.410 e. The number of carbonyl (C=O) groups is 1. The largest absolute Gasteiger partial charge is 0.444 e. The number of fused-ring (bicyclic) bond motifs is 2. The van der Waals surface area contributed by atoms with Gasteiger partial charge in [-0.2, -0.15) is 0 Å². The van der Waals surface area contributed by atoms with E-state index in [0.717, 1.165) is 13.1 Å². The summed E-state index contributed by atoms with van der Waals surface area (Å²) in [7, 11) is 0. The van der Waals surface area contributed by atoms with Crippen molar-refractivity contribution in [1.29, 1.82) is 0 Å². The van der Waals surface area contributed by atoms with Crippen LogP contribution in [0.1, 0.15) is 20.8 Å². The van der Waals surface area contributed by atoms with E-state index >= 15 is 0 Å². The number of nitrogens with one attached hydrogen (secondary N) is 1. The summed E-state index contributed by atoms with van der Waals surface area (Å²) in [5.74, 6) is 0.269. The first kappa shape index (κ1) is 12.6. The van der Waals surface area contributed by atoms with Crippen LogP contribution in [0.5, 0.6) is 0 Å². The molecule has 1 unspecified atom stereocenters. The lowest BCUT2D eigenvalue weighted by molar-refractivity contribution is -0.0488. The van der Waals surface area contributed by atoms with E-state index in [9.17, 15) is 9.90 Å². The summed E-state index contributed by atoms with van der Waals surface area (Å²) in [6.45, 7) is 8.32. The first-order valence-corrected chi connectivity index (χ1v) is 6.23. The van der Waals surface area contributed by atoms with Gasteiger partial charge in [0.15, 0.2) is 0 Å². The number of hydrogen-bond acceptors (Lipinski definition) is 4. The summed E-state index contributed by atoms with van der Waals surface area (Å²) < 4.78 is 5.36. The first-order chi connectivity index (χ1) is 7.87. The maximum absolute atomic E-state index is 12.0. The molecule has 2 saturated heterocycles. The van der Waals surface area contributed by atoms with Gasteiger partial charge in [0.05, 0.1) is 6.10 Å². The Morgan fingerprint density at radius 1 is 1.29 bits per heavy atom. The van der Waals surface area contributed by atoms with Gasteiger partial charge in [-0.1, -0.05) is 0 Å². The average molecular weight is 242 g/mol. The highest BCUT2D eigenvalue weighted by Crippen LogP contribution is 2.26. The Morgan fingerprint density at radius 3 is 2.29 bits per heavy atom. The molecule has 0 aromatic carbocycles. The lowest BCUT2D eigenvalue weighted by atomic mass is 9.83. The molecule has 0 radical (unpaired) electrons. The van der Waals surface area contributed by atoms with Crippen LogP contribution in [-0.4, -0.2) is 54.0 Å². The van der Waals surface area contributed by atoms with Crippen LogP contribution < -0.4 is 5.32 Å². The van der Waals surface area contributed by atoms with Crippen molar-refractivity contribution < 1.29 is 14.6 Å². The molecule has 3 atom stereocenters. The molecule has 2 heterocycles. The van der Waals surface area contributed by atoms with E-state index in [1.165, 1.54) is 0 Å². The number of hydrogen-bond donors (Lipinski definition) is 2. The van der Waals surface area contributed by atoms with E-state index in [-0.39, 0.29) is 24.0 Å². The number of ether oxygens (including phenoxy) is 1. The highest BCUT2D eigenvalue weighted by molar-refractivity contribution is 5.68. The van der Waals surface area contributed by atoms with Crippen molar-refractivity contribution in [2.24, 2.45) is 11.8 Å². The number of carbonyl (C=O) groups excluding carboxylic acids is 1. The molecule has 5 nitrogen and oxygen atoms in total. The minimum atomic E-state index is -0.458. The Bertz CT molecular complexity index is 287. The van der Waals surface area contributed by atoms with Gasteiger partial charge in [-0.15, -0.1) is 0 Å². The zero-order valence-corrected chi connectivity index (χ0v) is 10.8. The number of amides is 1. The fourth-order valence-electron chi connectivity index (χ4n) is 2.54. The Hall–Kier alpha value is -0.810. The first-order valence-electron chi connectivity index (χ1n) is 6.23. The summed E-state index contributed by atoms with van der Waals surface area (Å²) in [4.78, 5) is 13.7. The topological polar surface area (TPSA) is 61.8 Å². The van der Waals surface area contributed by atoms with Crippen molar-refractivity contribution in [3.05, 3.63) is 0 Å². The van der Waals surface area contributed by atoms with Gasteiger partial charge < -0.3 is 20.1 Å². The van der Waals surface area contributed by atoms with Gasteiger partial charge >= 0.3 is 6.09 Å². The van der Waals surface area contributed by atoms with Crippen molar-refractivity contribution >= 4 is 6.09 Å². The minimum absolute atomic E-state index is 0.134. The Kier molecular flexibility index (Phi) is 3.32. The lowest BCUT2D eigenvalue weighted by Crippen LogP contribution is -2.60. The molecule has 0 aromatic rings. The van der Waals surface area contributed by atoms with Crippen LogP contribution in [0, 0.1) is 11.8 Å². The van der Waals surface area contributed by atoms with Crippen LogP contribution in [0.25, 0.3) is 0 Å². The van der Waals surface area contributed by atoms with Crippen LogP contribution in [0.15, 0.2) is 0 Å². The van der Waals surface area contributed by atoms with Gasteiger partial charge in [0.25, 0.3) is 0 Å². The smallest absolute Gasteiger partial charge is 0.410 e. The molecular weight excluding hydrogens is 220 g/mol. The molecule has 0 aromatic heterocycles. The summed E-state index contributed by atoms with van der Waals surface area (Å²) in [6.07, 6.45) is -0.545. The molecular formula is C12H22N2O3. The predicted molar refractivity (Wildman–Crippen MR) is 63.7 cm³/mol. The molecule has 98 valence electrons. The molecule has 2 N–H and O–H groups in total. The second kappa shape index (κ2) is 4.46. The van der Waals surface area contributed by atoms with Crippen LogP contribution in [0.2, 0.25) is 0 Å². The van der Waals surface area contributed by atoms with Gasteiger partial charge in [0.1, 0.15) is 5.60 Å². The van der Waals surface area contributed by atoms with Crippen molar-refractivity contribution in [3.8, 4) is 0 Å². The molecule has 2 rings (SSSR count). The predicted octanol–water partition coefficient (Wildman–Crippen LogP) is 0.434. The van der Waals surface area contributed by atoms with Gasteiger partial charge in [0, 0.05) is 38.0 Å². The van der Waals surface area contributed by atoms with Gasteiger partial charge in [0.2, 0.25) is 0 Å². The van der Waals surface area contributed by atoms with E-state index < -0.39 is 5.60 Å². The van der Waals surface area contributed by atoms with E-state index in [0.29, 0.717) is 13.1 Å². The third-order valence-corrected chi connectivity index (χ3v) is 3.34. The molecule has 0 saturated carbocycles. The maximum atomic E-state index is 12.0. The molecule has 2 aliphatic heterocycles. The van der Waals surface area contributed by atoms with Crippen molar-refractivity contribution in [3.63, 3.8) is 0 Å². The zero-order valence-electron chi connectivity index (χ0n) is 10.8. The number of likely N-dealkylation sites (tertiary alicyclic amines) is 1. The van der Waals surface area contributed by atoms with E-state index in [1.807, 2.05) is 20.8 Å². The molecule has 2 fully saturated rings. The van der Waals surface area contributed by atoms with Crippen LogP contribution in [0.4, 0.5) is 4.79 Å². The zero-order chi connectivity index (χ0) is 12.6. The van der Waals surface area contributed by atoms with Crippen LogP contribution in [0.3, 0.4) is 0 Å². The molecule has 0 aliphatic carbocycles. The quantitative estimate of drug-likeness (QED) is 0.647. The summed E-state index contributed by atoms with van der Waals surface area (Å²) in [5.41, 5.74) is -0.458. The third kappa shape index (κ3) is 2.90. The monoisotopic (exact) mass is 242 g/mol. The van der Waals surface area contributed by atoms with E-state index in [4.69, 9.17) is 4.74 Å². The minimum Gasteiger partial charge on any atom is -0.444 e. The fraction of sp³-hybridized carbons (Fsp3) is 0.917. The van der Waals surface area contributed by atoms with E-state index in [2.05, 4.69) is 5.32 Å². The van der Waals surface area contributed by atoms with Crippen LogP contribution in [-0.2, 0) is 4.74 Å². The number of aliphatic hydroxyl groups excluding tert-OH is 1. The number of piperidine rings is 2. The highest BCUT2D eigenvalue weighted by atomic mass is 16.6. The van der Waals surface area contributed by atoms with Gasteiger partial charge in [-0.25, -0.2) is 4.79 Å². The second-order valence-corrected chi connectivity index (χ2v) is 6.05. The van der Waals surface area contributed by atoms with Crippen molar-refractivity contribution in [2.75, 3.05) is 26.2 Å². The number of nitrogens with zero attached hydrogens (tertiary/aromatic N) is 1. The average Bonchev–Trinajstić information content (AvgIpc) is 2.13. The molecule has 1 amide bonds. The van der Waals surface area contributed by atoms with Crippen LogP contribution >= 0.6 is 0 Å². The lowest BCUT2D eigenvalue weighted by Gasteiger charge is -2.45. The van der Waals surface area contributed by atoms with Gasteiger partial charge in [-0.05, 0) is 20.8 Å². The van der Waals surface area contributed by atoms with Gasteiger partial charge in [-0.3, -0.25) is 0 Å². The SMILES string of the molecule is CC(C)(C)OC(=O)N1C[C@H]2CNC[C@@H](C1)C2O. The normalized spacial score (nSPS) is 33.4. The highest BCUT2D eigenvalue weighted by Gasteiger charge is 2.40. The molecule has 0 spiro atoms. The summed E-state index contributed by atoms with van der Waals surface area (Å²) in [6, 6.07) is 0. The molecule has 2 bridgehead atoms. The molecule has 2 aliphatic rings. The second-order valence-electron chi connectivity index (χ2n) is 6.05.